The normalized spacial score (nSPS) is 14.2. The van der Waals surface area contributed by atoms with Gasteiger partial charge in [-0.1, -0.05) is 6.92 Å². The zero-order valence-corrected chi connectivity index (χ0v) is 16.7. The number of fused-ring (bicyclic) bond motifs is 1. The van der Waals surface area contributed by atoms with Crippen molar-refractivity contribution >= 4 is 34.2 Å². The van der Waals surface area contributed by atoms with E-state index in [9.17, 15) is 14.4 Å². The molecule has 3 rings (SSSR count). The Bertz CT molecular complexity index is 902. The number of carbonyl (C=O) groups is 3. The Hall–Kier alpha value is -2.68. The Morgan fingerprint density at radius 3 is 2.79 bits per heavy atom. The lowest BCUT2D eigenvalue weighted by Gasteiger charge is -2.15. The summed E-state index contributed by atoms with van der Waals surface area (Å²) in [5, 5.41) is 16.1. The highest BCUT2D eigenvalue weighted by molar-refractivity contribution is 7.17. The summed E-state index contributed by atoms with van der Waals surface area (Å²) in [6.45, 7) is 3.64. The zero-order valence-electron chi connectivity index (χ0n) is 15.9. The van der Waals surface area contributed by atoms with E-state index in [4.69, 9.17) is 9.84 Å². The summed E-state index contributed by atoms with van der Waals surface area (Å²) in [5.41, 5.74) is 1.45. The zero-order chi connectivity index (χ0) is 20.3. The molecule has 0 radical (unpaired) electrons. The molecule has 0 spiro atoms. The lowest BCUT2D eigenvalue weighted by Crippen LogP contribution is -2.21. The van der Waals surface area contributed by atoms with E-state index in [1.54, 1.807) is 0 Å². The number of carboxylic acid groups (broad SMARTS) is 1. The van der Waals surface area contributed by atoms with Crippen molar-refractivity contribution in [3.8, 4) is 0 Å². The number of rotatable bonds is 7. The van der Waals surface area contributed by atoms with Gasteiger partial charge in [0.05, 0.1) is 23.4 Å². The van der Waals surface area contributed by atoms with Gasteiger partial charge >= 0.3 is 11.9 Å². The topological polar surface area (TPSA) is 111 Å². The number of nitrogens with one attached hydrogen (secondary N) is 1. The van der Waals surface area contributed by atoms with Crippen molar-refractivity contribution < 1.29 is 24.2 Å². The van der Waals surface area contributed by atoms with E-state index in [1.165, 1.54) is 28.4 Å². The van der Waals surface area contributed by atoms with Gasteiger partial charge in [-0.25, -0.2) is 9.59 Å². The van der Waals surface area contributed by atoms with Crippen LogP contribution >= 0.6 is 11.3 Å². The van der Waals surface area contributed by atoms with Crippen LogP contribution in [0.15, 0.2) is 12.4 Å². The molecule has 8 nitrogen and oxygen atoms in total. The van der Waals surface area contributed by atoms with E-state index in [0.29, 0.717) is 17.0 Å². The maximum atomic E-state index is 12.7. The lowest BCUT2D eigenvalue weighted by atomic mass is 9.95. The van der Waals surface area contributed by atoms with E-state index in [-0.39, 0.29) is 24.1 Å². The summed E-state index contributed by atoms with van der Waals surface area (Å²) in [5.74, 6) is -1.89. The van der Waals surface area contributed by atoms with Crippen molar-refractivity contribution in [1.82, 2.24) is 9.78 Å². The molecule has 2 N–H and O–H groups in total. The number of aromatic nitrogens is 2. The van der Waals surface area contributed by atoms with Crippen molar-refractivity contribution in [2.24, 2.45) is 0 Å². The Morgan fingerprint density at radius 2 is 2.11 bits per heavy atom. The quantitative estimate of drug-likeness (QED) is 0.685. The largest absolute Gasteiger partial charge is 0.478 e. The van der Waals surface area contributed by atoms with Crippen LogP contribution in [0.1, 0.15) is 64.3 Å². The van der Waals surface area contributed by atoms with Gasteiger partial charge in [0.15, 0.2) is 0 Å². The molecule has 1 atom stereocenters. The molecular weight excluding hydrogens is 382 g/mol. The summed E-state index contributed by atoms with van der Waals surface area (Å²) in [4.78, 5) is 37.2. The number of nitrogens with zero attached hydrogens (tertiary/aromatic N) is 2. The first-order valence-corrected chi connectivity index (χ1v) is 10.1. The molecule has 28 heavy (non-hydrogen) atoms. The lowest BCUT2D eigenvalue weighted by molar-refractivity contribution is -0.116. The van der Waals surface area contributed by atoms with Crippen LogP contribution in [0.2, 0.25) is 0 Å². The smallest absolute Gasteiger partial charge is 0.341 e. The van der Waals surface area contributed by atoms with Crippen LogP contribution in [-0.2, 0) is 28.9 Å². The highest BCUT2D eigenvalue weighted by atomic mass is 32.1. The Morgan fingerprint density at radius 1 is 1.36 bits per heavy atom. The fraction of sp³-hybridized carbons (Fsp3) is 0.474. The number of amides is 1. The molecule has 1 aliphatic rings. The standard InChI is InChI=1S/C19H23N3O5S/c1-3-11(2)27-19(26)16-13-6-4-5-7-14(13)28-17(16)21-15(23)10-22-9-12(8-20-22)18(24)25/h8-9,11H,3-7,10H2,1-2H3,(H,21,23)(H,24,25). The average Bonchev–Trinajstić information content (AvgIpc) is 3.25. The van der Waals surface area contributed by atoms with Gasteiger partial charge in [-0.15, -0.1) is 11.3 Å². The number of carboxylic acids is 1. The number of esters is 1. The minimum Gasteiger partial charge on any atom is -0.478 e. The van der Waals surface area contributed by atoms with Gasteiger partial charge in [0.2, 0.25) is 5.91 Å². The minimum atomic E-state index is -1.10. The van der Waals surface area contributed by atoms with E-state index in [0.717, 1.165) is 36.1 Å². The maximum Gasteiger partial charge on any atom is 0.341 e. The summed E-state index contributed by atoms with van der Waals surface area (Å²) >= 11 is 1.42. The van der Waals surface area contributed by atoms with Crippen molar-refractivity contribution in [1.29, 1.82) is 0 Å². The van der Waals surface area contributed by atoms with E-state index >= 15 is 0 Å². The number of ether oxygens (including phenoxy) is 1. The van der Waals surface area contributed by atoms with Crippen molar-refractivity contribution in [2.75, 3.05) is 5.32 Å². The SMILES string of the molecule is CCC(C)OC(=O)c1c(NC(=O)Cn2cc(C(=O)O)cn2)sc2c1CCCC2. The number of aryl methyl sites for hydroxylation is 1. The number of carbonyl (C=O) groups excluding carboxylic acids is 2. The maximum absolute atomic E-state index is 12.7. The molecule has 2 aromatic heterocycles. The summed E-state index contributed by atoms with van der Waals surface area (Å²) in [6.07, 6.45) is 6.75. The van der Waals surface area contributed by atoms with Crippen LogP contribution in [0.5, 0.6) is 0 Å². The third-order valence-electron chi connectivity index (χ3n) is 4.70. The third kappa shape index (κ3) is 4.41. The molecule has 2 heterocycles. The molecule has 150 valence electrons. The summed E-state index contributed by atoms with van der Waals surface area (Å²) in [6, 6.07) is 0. The van der Waals surface area contributed by atoms with Crippen molar-refractivity contribution in [2.45, 2.75) is 58.6 Å². The average molecular weight is 405 g/mol. The molecule has 1 unspecified atom stereocenters. The first-order valence-electron chi connectivity index (χ1n) is 9.30. The molecule has 0 fully saturated rings. The third-order valence-corrected chi connectivity index (χ3v) is 5.90. The first-order chi connectivity index (χ1) is 13.4. The molecule has 0 saturated heterocycles. The number of hydrogen-bond donors (Lipinski definition) is 2. The second kappa shape index (κ2) is 8.55. The van der Waals surface area contributed by atoms with E-state index < -0.39 is 11.9 Å². The fourth-order valence-electron chi connectivity index (χ4n) is 3.07. The van der Waals surface area contributed by atoms with Crippen LogP contribution in [0, 0.1) is 0 Å². The summed E-state index contributed by atoms with van der Waals surface area (Å²) < 4.78 is 6.77. The molecule has 1 aliphatic carbocycles. The van der Waals surface area contributed by atoms with E-state index in [1.807, 2.05) is 13.8 Å². The van der Waals surface area contributed by atoms with Gasteiger partial charge in [-0.3, -0.25) is 9.48 Å². The predicted molar refractivity (Wildman–Crippen MR) is 104 cm³/mol. The molecule has 0 aromatic carbocycles. The second-order valence-electron chi connectivity index (χ2n) is 6.82. The number of hydrogen-bond acceptors (Lipinski definition) is 6. The van der Waals surface area contributed by atoms with Crippen molar-refractivity contribution in [3.05, 3.63) is 34.0 Å². The van der Waals surface area contributed by atoms with Gasteiger partial charge in [0, 0.05) is 11.1 Å². The van der Waals surface area contributed by atoms with Gasteiger partial charge in [0.1, 0.15) is 11.5 Å². The van der Waals surface area contributed by atoms with Gasteiger partial charge in [-0.2, -0.15) is 5.10 Å². The Kier molecular flexibility index (Phi) is 6.13. The molecule has 0 aliphatic heterocycles. The predicted octanol–water partition coefficient (Wildman–Crippen LogP) is 3.12. The van der Waals surface area contributed by atoms with E-state index in [2.05, 4.69) is 10.4 Å². The number of thiophene rings is 1. The highest BCUT2D eigenvalue weighted by Crippen LogP contribution is 2.38. The van der Waals surface area contributed by atoms with Crippen LogP contribution in [-0.4, -0.2) is 38.8 Å². The van der Waals surface area contributed by atoms with Gasteiger partial charge in [-0.05, 0) is 44.6 Å². The van der Waals surface area contributed by atoms with Crippen LogP contribution < -0.4 is 5.32 Å². The van der Waals surface area contributed by atoms with Crippen molar-refractivity contribution in [3.63, 3.8) is 0 Å². The van der Waals surface area contributed by atoms with Gasteiger partial charge < -0.3 is 15.2 Å². The molecule has 9 heteroatoms. The number of aromatic carboxylic acids is 1. The number of anilines is 1. The fourth-order valence-corrected chi connectivity index (χ4v) is 4.36. The monoisotopic (exact) mass is 405 g/mol. The van der Waals surface area contributed by atoms with Crippen LogP contribution in [0.4, 0.5) is 5.00 Å². The van der Waals surface area contributed by atoms with Crippen LogP contribution in [0.3, 0.4) is 0 Å². The molecule has 0 saturated carbocycles. The first kappa shape index (κ1) is 20.1. The van der Waals surface area contributed by atoms with Gasteiger partial charge in [0.25, 0.3) is 0 Å². The van der Waals surface area contributed by atoms with Crippen LogP contribution in [0.25, 0.3) is 0 Å². The molecule has 0 bridgehead atoms. The Balaban J connectivity index is 1.80. The molecular formula is C19H23N3O5S. The molecule has 1 amide bonds. The summed E-state index contributed by atoms with van der Waals surface area (Å²) in [7, 11) is 0. The second-order valence-corrected chi connectivity index (χ2v) is 7.92. The minimum absolute atomic E-state index is 0.0113. The Labute approximate surface area is 166 Å². The molecule has 2 aromatic rings. The highest BCUT2D eigenvalue weighted by Gasteiger charge is 2.28.